The van der Waals surface area contributed by atoms with Crippen LogP contribution in [0.4, 0.5) is 5.69 Å². The lowest BCUT2D eigenvalue weighted by atomic mass is 10.1. The Hall–Kier alpha value is -0.850. The van der Waals surface area contributed by atoms with Crippen LogP contribution in [0, 0.1) is 0 Å². The Kier molecular flexibility index (Phi) is 11.2. The van der Waals surface area contributed by atoms with E-state index in [2.05, 4.69) is 35.4 Å². The number of nitrogens with one attached hydrogen (secondary N) is 2. The zero-order valence-electron chi connectivity index (χ0n) is 13.7. The molecule has 0 bridgehead atoms. The maximum Gasteiger partial charge on any atom is 0.243 e. The van der Waals surface area contributed by atoms with E-state index in [4.69, 9.17) is 4.74 Å². The fourth-order valence-electron chi connectivity index (χ4n) is 2.42. The first-order chi connectivity index (χ1) is 10.2. The zero-order chi connectivity index (χ0) is 15.1. The molecule has 1 fully saturated rings. The standard InChI is InChI=1S/C16H25N3O2.2ClH/c1-3-19(4-2)11-13-6-5-7-14(10-13)18-16(20)15-12-21-9-8-17-15;;/h5-7,10,15,17H,3-4,8-9,11-12H2,1-2H3,(H,18,20);2*1H. The van der Waals surface area contributed by atoms with Crippen molar-refractivity contribution in [3.05, 3.63) is 29.8 Å². The van der Waals surface area contributed by atoms with Crippen LogP contribution in [0.1, 0.15) is 19.4 Å². The summed E-state index contributed by atoms with van der Waals surface area (Å²) in [5.74, 6) is -0.0327. The summed E-state index contributed by atoms with van der Waals surface area (Å²) in [4.78, 5) is 14.5. The van der Waals surface area contributed by atoms with Gasteiger partial charge >= 0.3 is 0 Å². The van der Waals surface area contributed by atoms with Crippen molar-refractivity contribution in [1.82, 2.24) is 10.2 Å². The van der Waals surface area contributed by atoms with Gasteiger partial charge in [0.25, 0.3) is 0 Å². The monoisotopic (exact) mass is 363 g/mol. The maximum absolute atomic E-state index is 12.1. The molecule has 7 heteroatoms. The Morgan fingerprint density at radius 2 is 2.09 bits per heavy atom. The molecule has 1 aromatic rings. The highest BCUT2D eigenvalue weighted by Gasteiger charge is 2.21. The fraction of sp³-hybridized carbons (Fsp3) is 0.562. The quantitative estimate of drug-likeness (QED) is 0.813. The predicted octanol–water partition coefficient (Wildman–Crippen LogP) is 2.30. The van der Waals surface area contributed by atoms with Crippen LogP contribution < -0.4 is 10.6 Å². The minimum atomic E-state index is -0.259. The van der Waals surface area contributed by atoms with Gasteiger partial charge < -0.3 is 15.4 Å². The molecule has 0 aliphatic carbocycles. The molecule has 0 spiro atoms. The molecule has 1 aromatic carbocycles. The Balaban J connectivity index is 0.00000242. The van der Waals surface area contributed by atoms with Crippen LogP contribution in [-0.4, -0.2) is 49.7 Å². The fourth-order valence-corrected chi connectivity index (χ4v) is 2.42. The molecule has 2 N–H and O–H groups in total. The van der Waals surface area contributed by atoms with Crippen molar-refractivity contribution < 1.29 is 9.53 Å². The zero-order valence-corrected chi connectivity index (χ0v) is 15.3. The van der Waals surface area contributed by atoms with Gasteiger partial charge in [0.1, 0.15) is 6.04 Å². The summed E-state index contributed by atoms with van der Waals surface area (Å²) in [6.45, 7) is 9.09. The number of amides is 1. The largest absolute Gasteiger partial charge is 0.378 e. The van der Waals surface area contributed by atoms with Gasteiger partial charge in [0.2, 0.25) is 5.91 Å². The minimum absolute atomic E-state index is 0. The molecule has 23 heavy (non-hydrogen) atoms. The van der Waals surface area contributed by atoms with E-state index in [-0.39, 0.29) is 36.8 Å². The van der Waals surface area contributed by atoms with Crippen molar-refractivity contribution in [2.45, 2.75) is 26.4 Å². The summed E-state index contributed by atoms with van der Waals surface area (Å²) >= 11 is 0. The van der Waals surface area contributed by atoms with Gasteiger partial charge in [-0.2, -0.15) is 0 Å². The van der Waals surface area contributed by atoms with Crippen molar-refractivity contribution in [2.24, 2.45) is 0 Å². The van der Waals surface area contributed by atoms with Gasteiger partial charge in [-0.05, 0) is 30.8 Å². The topological polar surface area (TPSA) is 53.6 Å². The highest BCUT2D eigenvalue weighted by atomic mass is 35.5. The third kappa shape index (κ3) is 7.06. The highest BCUT2D eigenvalue weighted by Crippen LogP contribution is 2.13. The Morgan fingerprint density at radius 1 is 1.35 bits per heavy atom. The van der Waals surface area contributed by atoms with E-state index in [0.717, 1.165) is 31.9 Å². The molecule has 0 aromatic heterocycles. The van der Waals surface area contributed by atoms with Crippen LogP contribution in [-0.2, 0) is 16.1 Å². The molecule has 1 unspecified atom stereocenters. The summed E-state index contributed by atoms with van der Waals surface area (Å²) in [6.07, 6.45) is 0. The third-order valence-corrected chi connectivity index (χ3v) is 3.73. The van der Waals surface area contributed by atoms with E-state index in [9.17, 15) is 4.79 Å². The van der Waals surface area contributed by atoms with E-state index in [0.29, 0.717) is 13.2 Å². The summed E-state index contributed by atoms with van der Waals surface area (Å²) < 4.78 is 5.32. The molecule has 1 heterocycles. The number of ether oxygens (including phenoxy) is 1. The number of morpholine rings is 1. The maximum atomic E-state index is 12.1. The summed E-state index contributed by atoms with van der Waals surface area (Å²) in [7, 11) is 0. The van der Waals surface area contributed by atoms with Crippen LogP contribution in [0.15, 0.2) is 24.3 Å². The van der Waals surface area contributed by atoms with E-state index in [1.807, 2.05) is 18.2 Å². The van der Waals surface area contributed by atoms with Gasteiger partial charge in [0, 0.05) is 18.8 Å². The van der Waals surface area contributed by atoms with Crippen molar-refractivity contribution in [3.8, 4) is 0 Å². The molecule has 1 atom stereocenters. The molecule has 2 rings (SSSR count). The number of hydrogen-bond donors (Lipinski definition) is 2. The Labute approximate surface area is 151 Å². The number of nitrogens with zero attached hydrogens (tertiary/aromatic N) is 1. The van der Waals surface area contributed by atoms with Crippen LogP contribution in [0.3, 0.4) is 0 Å². The van der Waals surface area contributed by atoms with E-state index in [1.54, 1.807) is 0 Å². The number of hydrogen-bond acceptors (Lipinski definition) is 4. The summed E-state index contributed by atoms with van der Waals surface area (Å²) in [6, 6.07) is 7.78. The molecular formula is C16H27Cl2N3O2. The van der Waals surface area contributed by atoms with Crippen molar-refractivity contribution in [3.63, 3.8) is 0 Å². The van der Waals surface area contributed by atoms with Gasteiger partial charge in [-0.1, -0.05) is 26.0 Å². The SMILES string of the molecule is CCN(CC)Cc1cccc(NC(=O)C2COCCN2)c1.Cl.Cl. The lowest BCUT2D eigenvalue weighted by Crippen LogP contribution is -2.48. The summed E-state index contributed by atoms with van der Waals surface area (Å²) in [5, 5.41) is 6.12. The lowest BCUT2D eigenvalue weighted by molar-refractivity contribution is -0.120. The molecule has 1 aliphatic heterocycles. The van der Waals surface area contributed by atoms with Crippen LogP contribution >= 0.6 is 24.8 Å². The molecule has 0 saturated carbocycles. The summed E-state index contributed by atoms with van der Waals surface area (Å²) in [5.41, 5.74) is 2.06. The first-order valence-electron chi connectivity index (χ1n) is 7.66. The Bertz CT molecular complexity index is 464. The van der Waals surface area contributed by atoms with Gasteiger partial charge in [-0.3, -0.25) is 9.69 Å². The number of anilines is 1. The molecule has 1 amide bonds. The first-order valence-corrected chi connectivity index (χ1v) is 7.66. The second-order valence-corrected chi connectivity index (χ2v) is 5.23. The minimum Gasteiger partial charge on any atom is -0.378 e. The van der Waals surface area contributed by atoms with Crippen LogP contribution in [0.25, 0.3) is 0 Å². The molecular weight excluding hydrogens is 337 g/mol. The number of carbonyl (C=O) groups is 1. The predicted molar refractivity (Wildman–Crippen MR) is 98.8 cm³/mol. The van der Waals surface area contributed by atoms with E-state index >= 15 is 0 Å². The number of carbonyl (C=O) groups excluding carboxylic acids is 1. The second kappa shape index (κ2) is 11.6. The van der Waals surface area contributed by atoms with Gasteiger partial charge in [0.15, 0.2) is 0 Å². The average molecular weight is 364 g/mol. The first kappa shape index (κ1) is 22.1. The molecule has 1 saturated heterocycles. The average Bonchev–Trinajstić information content (AvgIpc) is 2.53. The Morgan fingerprint density at radius 3 is 2.70 bits per heavy atom. The molecule has 0 radical (unpaired) electrons. The number of rotatable bonds is 6. The van der Waals surface area contributed by atoms with Crippen LogP contribution in [0.2, 0.25) is 0 Å². The van der Waals surface area contributed by atoms with Gasteiger partial charge in [-0.25, -0.2) is 0 Å². The van der Waals surface area contributed by atoms with Crippen LogP contribution in [0.5, 0.6) is 0 Å². The highest BCUT2D eigenvalue weighted by molar-refractivity contribution is 5.95. The lowest BCUT2D eigenvalue weighted by Gasteiger charge is -2.23. The normalized spacial score (nSPS) is 17.1. The van der Waals surface area contributed by atoms with Crippen molar-refractivity contribution >= 4 is 36.4 Å². The molecule has 132 valence electrons. The second-order valence-electron chi connectivity index (χ2n) is 5.23. The van der Waals surface area contributed by atoms with Crippen molar-refractivity contribution in [2.75, 3.05) is 38.2 Å². The van der Waals surface area contributed by atoms with E-state index in [1.165, 1.54) is 5.56 Å². The smallest absolute Gasteiger partial charge is 0.243 e. The number of halogens is 2. The molecule has 5 nitrogen and oxygen atoms in total. The van der Waals surface area contributed by atoms with Gasteiger partial charge in [0.05, 0.1) is 13.2 Å². The van der Waals surface area contributed by atoms with Crippen molar-refractivity contribution in [1.29, 1.82) is 0 Å². The molecule has 1 aliphatic rings. The van der Waals surface area contributed by atoms with Gasteiger partial charge in [-0.15, -0.1) is 24.8 Å². The van der Waals surface area contributed by atoms with E-state index < -0.39 is 0 Å². The third-order valence-electron chi connectivity index (χ3n) is 3.73. The number of benzene rings is 1.